The van der Waals surface area contributed by atoms with Crippen LogP contribution in [0.25, 0.3) is 0 Å². The number of anilines is 2. The summed E-state index contributed by atoms with van der Waals surface area (Å²) < 4.78 is 37.0. The van der Waals surface area contributed by atoms with Gasteiger partial charge in [0, 0.05) is 6.54 Å². The summed E-state index contributed by atoms with van der Waals surface area (Å²) in [7, 11) is 0. The van der Waals surface area contributed by atoms with Gasteiger partial charge in [0.1, 0.15) is 17.9 Å². The third-order valence-electron chi connectivity index (χ3n) is 2.17. The minimum atomic E-state index is -4.44. The van der Waals surface area contributed by atoms with Gasteiger partial charge in [0.15, 0.2) is 0 Å². The number of nitrogen functional groups attached to an aromatic ring is 1. The minimum Gasteiger partial charge on any atom is -0.478 e. The zero-order chi connectivity index (χ0) is 13.9. The van der Waals surface area contributed by atoms with Crippen LogP contribution in [0.3, 0.4) is 0 Å². The molecule has 0 atom stereocenters. The summed E-state index contributed by atoms with van der Waals surface area (Å²) in [6.07, 6.45) is -3.31. The Bertz CT molecular complexity index is 448. The van der Waals surface area contributed by atoms with Crippen LogP contribution in [-0.2, 0) is 0 Å². The van der Waals surface area contributed by atoms with E-state index in [0.29, 0.717) is 0 Å². The van der Waals surface area contributed by atoms with Crippen LogP contribution in [0, 0.1) is 0 Å². The number of aromatic carboxylic acids is 1. The maximum Gasteiger partial charge on any atom is 0.405 e. The third-order valence-corrected chi connectivity index (χ3v) is 2.17. The summed E-state index contributed by atoms with van der Waals surface area (Å²) in [6.45, 7) is 0.201. The summed E-state index contributed by atoms with van der Waals surface area (Å²) in [5, 5.41) is 8.93. The molecule has 0 spiro atoms. The van der Waals surface area contributed by atoms with Crippen molar-refractivity contribution < 1.29 is 23.1 Å². The van der Waals surface area contributed by atoms with Crippen molar-refractivity contribution >= 4 is 17.5 Å². The van der Waals surface area contributed by atoms with Gasteiger partial charge in [-0.25, -0.2) is 9.78 Å². The molecule has 0 unspecified atom stereocenters. The Kier molecular flexibility index (Phi) is 4.00. The highest BCUT2D eigenvalue weighted by molar-refractivity contribution is 5.94. The van der Waals surface area contributed by atoms with E-state index in [-0.39, 0.29) is 23.6 Å². The highest BCUT2D eigenvalue weighted by atomic mass is 19.4. The van der Waals surface area contributed by atoms with Crippen molar-refractivity contribution in [2.45, 2.75) is 13.1 Å². The van der Waals surface area contributed by atoms with Gasteiger partial charge in [-0.15, -0.1) is 0 Å². The average molecular weight is 263 g/mol. The van der Waals surface area contributed by atoms with Gasteiger partial charge in [0.2, 0.25) is 0 Å². The molecular weight excluding hydrogens is 251 g/mol. The van der Waals surface area contributed by atoms with E-state index in [1.54, 1.807) is 0 Å². The Morgan fingerprint density at radius 3 is 2.61 bits per heavy atom. The largest absolute Gasteiger partial charge is 0.478 e. The summed E-state index contributed by atoms with van der Waals surface area (Å²) in [4.78, 5) is 15.5. The fourth-order valence-electron chi connectivity index (χ4n) is 1.44. The normalized spacial score (nSPS) is 11.3. The predicted octanol–water partition coefficient (Wildman–Crippen LogP) is 1.75. The molecule has 5 nitrogen and oxygen atoms in total. The zero-order valence-electron chi connectivity index (χ0n) is 9.53. The highest BCUT2D eigenvalue weighted by Crippen LogP contribution is 2.24. The monoisotopic (exact) mass is 263 g/mol. The maximum absolute atomic E-state index is 12.3. The first-order chi connectivity index (χ1) is 8.24. The number of pyridine rings is 1. The van der Waals surface area contributed by atoms with Crippen molar-refractivity contribution in [3.8, 4) is 0 Å². The molecule has 1 aromatic rings. The molecule has 3 N–H and O–H groups in total. The molecule has 0 fully saturated rings. The molecule has 1 aromatic heterocycles. The lowest BCUT2D eigenvalue weighted by Gasteiger charge is -2.24. The van der Waals surface area contributed by atoms with Crippen molar-refractivity contribution in [1.82, 2.24) is 4.98 Å². The van der Waals surface area contributed by atoms with E-state index in [2.05, 4.69) is 4.98 Å². The number of carboxylic acids is 1. The second kappa shape index (κ2) is 5.11. The summed E-state index contributed by atoms with van der Waals surface area (Å²) in [5.74, 6) is -1.61. The predicted molar refractivity (Wildman–Crippen MR) is 59.6 cm³/mol. The lowest BCUT2D eigenvalue weighted by molar-refractivity contribution is -0.119. The molecule has 18 heavy (non-hydrogen) atoms. The fraction of sp³-hybridized carbons (Fsp3) is 0.400. The van der Waals surface area contributed by atoms with E-state index in [4.69, 9.17) is 10.8 Å². The van der Waals surface area contributed by atoms with Crippen LogP contribution >= 0.6 is 0 Å². The van der Waals surface area contributed by atoms with Gasteiger partial charge in [-0.3, -0.25) is 0 Å². The maximum atomic E-state index is 12.3. The summed E-state index contributed by atoms with van der Waals surface area (Å²) >= 11 is 0. The summed E-state index contributed by atoms with van der Waals surface area (Å²) in [5.41, 5.74) is 5.10. The number of aromatic nitrogens is 1. The molecule has 0 saturated carbocycles. The van der Waals surface area contributed by atoms with E-state index in [1.165, 1.54) is 6.92 Å². The van der Waals surface area contributed by atoms with Crippen molar-refractivity contribution in [2.75, 3.05) is 23.7 Å². The number of nitrogens with two attached hydrogens (primary N) is 1. The van der Waals surface area contributed by atoms with Gasteiger partial charge < -0.3 is 15.7 Å². The van der Waals surface area contributed by atoms with E-state index >= 15 is 0 Å². The Balaban J connectivity index is 3.17. The quantitative estimate of drug-likeness (QED) is 0.865. The number of carboxylic acid groups (broad SMARTS) is 1. The molecule has 0 bridgehead atoms. The number of nitrogens with zero attached hydrogens (tertiary/aromatic N) is 2. The first-order valence-corrected chi connectivity index (χ1v) is 5.05. The average Bonchev–Trinajstić information content (AvgIpc) is 2.24. The standard InChI is InChI=1S/C10H12F3N3O2/c1-2-16(5-10(11,12)13)8-7(9(17)18)3-6(14)4-15-8/h3-4H,2,5,14H2,1H3,(H,17,18). The molecule has 8 heteroatoms. The van der Waals surface area contributed by atoms with Crippen LogP contribution in [-0.4, -0.2) is 35.3 Å². The van der Waals surface area contributed by atoms with Crippen LogP contribution < -0.4 is 10.6 Å². The van der Waals surface area contributed by atoms with Crippen LogP contribution in [0.2, 0.25) is 0 Å². The molecule has 0 aliphatic rings. The SMILES string of the molecule is CCN(CC(F)(F)F)c1ncc(N)cc1C(=O)O. The molecule has 0 aliphatic carbocycles. The highest BCUT2D eigenvalue weighted by Gasteiger charge is 2.32. The van der Waals surface area contributed by atoms with E-state index < -0.39 is 18.7 Å². The van der Waals surface area contributed by atoms with Crippen molar-refractivity contribution in [1.29, 1.82) is 0 Å². The van der Waals surface area contributed by atoms with Gasteiger partial charge in [-0.1, -0.05) is 0 Å². The van der Waals surface area contributed by atoms with E-state index in [9.17, 15) is 18.0 Å². The first kappa shape index (κ1) is 14.1. The van der Waals surface area contributed by atoms with Gasteiger partial charge in [-0.2, -0.15) is 13.2 Å². The molecular formula is C10H12F3N3O2. The molecule has 1 rings (SSSR count). The molecule has 1 heterocycles. The number of halogens is 3. The van der Waals surface area contributed by atoms with Gasteiger partial charge in [0.25, 0.3) is 0 Å². The first-order valence-electron chi connectivity index (χ1n) is 5.05. The van der Waals surface area contributed by atoms with Gasteiger partial charge in [-0.05, 0) is 13.0 Å². The second-order valence-corrected chi connectivity index (χ2v) is 3.57. The van der Waals surface area contributed by atoms with Crippen LogP contribution in [0.15, 0.2) is 12.3 Å². The van der Waals surface area contributed by atoms with Gasteiger partial charge >= 0.3 is 12.1 Å². The number of carbonyl (C=O) groups is 1. The molecule has 0 aromatic carbocycles. The Morgan fingerprint density at radius 2 is 2.17 bits per heavy atom. The lowest BCUT2D eigenvalue weighted by atomic mass is 10.2. The van der Waals surface area contributed by atoms with Crippen LogP contribution in [0.4, 0.5) is 24.7 Å². The third kappa shape index (κ3) is 3.51. The Labute approximate surface area is 101 Å². The second-order valence-electron chi connectivity index (χ2n) is 3.57. The fourth-order valence-corrected chi connectivity index (χ4v) is 1.44. The van der Waals surface area contributed by atoms with Crippen molar-refractivity contribution in [2.24, 2.45) is 0 Å². The topological polar surface area (TPSA) is 79.5 Å². The molecule has 0 amide bonds. The molecule has 0 radical (unpaired) electrons. The van der Waals surface area contributed by atoms with Crippen molar-refractivity contribution in [3.63, 3.8) is 0 Å². The zero-order valence-corrected chi connectivity index (χ0v) is 9.53. The Morgan fingerprint density at radius 1 is 1.56 bits per heavy atom. The number of hydrogen-bond acceptors (Lipinski definition) is 4. The minimum absolute atomic E-state index is 0.0172. The number of rotatable bonds is 4. The van der Waals surface area contributed by atoms with Gasteiger partial charge in [0.05, 0.1) is 11.9 Å². The van der Waals surface area contributed by atoms with E-state index in [1.807, 2.05) is 0 Å². The Hall–Kier alpha value is -1.99. The molecule has 0 saturated heterocycles. The van der Waals surface area contributed by atoms with E-state index in [0.717, 1.165) is 17.2 Å². The molecule has 0 aliphatic heterocycles. The summed E-state index contributed by atoms with van der Waals surface area (Å²) in [6, 6.07) is 1.09. The van der Waals surface area contributed by atoms with Crippen molar-refractivity contribution in [3.05, 3.63) is 17.8 Å². The van der Waals surface area contributed by atoms with Crippen LogP contribution in [0.5, 0.6) is 0 Å². The molecule has 100 valence electrons. The lowest BCUT2D eigenvalue weighted by Crippen LogP contribution is -2.35. The number of alkyl halides is 3. The van der Waals surface area contributed by atoms with Crippen LogP contribution in [0.1, 0.15) is 17.3 Å². The number of hydrogen-bond donors (Lipinski definition) is 2. The smallest absolute Gasteiger partial charge is 0.405 e.